The molecule has 1 aliphatic heterocycles. The Morgan fingerprint density at radius 1 is 0.975 bits per heavy atom. The molecule has 2 heterocycles. The molecule has 40 heavy (non-hydrogen) atoms. The fraction of sp³-hybridized carbons (Fsp3) is 0.360. The number of aromatic nitrogens is 1. The molecule has 2 aromatic carbocycles. The standard InChI is InChI=1S/C25H30N4O9S2/c1-17-21(20-5-3-4-6-22(20)29(17)25(32)33)15-38-19-9-7-18(8-10-19)26-40(36,37)16-23(24(30)31)27-11-13-28(14-12-27)39(2,34)35/h3-10,23,26H,11-16H2,1-2H3,(H,30,31)(H,32,33)/t23-/m1/s1. The lowest BCUT2D eigenvalue weighted by molar-refractivity contribution is -0.142. The highest BCUT2D eigenvalue weighted by Crippen LogP contribution is 2.27. The number of benzene rings is 2. The number of carboxylic acids is 1. The van der Waals surface area contributed by atoms with E-state index in [1.54, 1.807) is 31.2 Å². The Morgan fingerprint density at radius 2 is 1.60 bits per heavy atom. The molecule has 3 N–H and O–H groups in total. The number of fused-ring (bicyclic) bond motifs is 1. The monoisotopic (exact) mass is 594 g/mol. The largest absolute Gasteiger partial charge is 0.489 e. The Labute approximate surface area is 231 Å². The first-order valence-electron chi connectivity index (χ1n) is 12.2. The normalized spacial score (nSPS) is 16.1. The average molecular weight is 595 g/mol. The third-order valence-electron chi connectivity index (χ3n) is 6.79. The number of hydrogen-bond donors (Lipinski definition) is 3. The van der Waals surface area contributed by atoms with Gasteiger partial charge in [-0.2, -0.15) is 4.31 Å². The van der Waals surface area contributed by atoms with Crippen molar-refractivity contribution in [1.82, 2.24) is 13.8 Å². The van der Waals surface area contributed by atoms with Gasteiger partial charge in [0, 0.05) is 48.5 Å². The summed E-state index contributed by atoms with van der Waals surface area (Å²) in [5.74, 6) is -1.62. The first kappa shape index (κ1) is 29.3. The van der Waals surface area contributed by atoms with Crippen molar-refractivity contribution < 1.29 is 41.4 Å². The van der Waals surface area contributed by atoms with E-state index >= 15 is 0 Å². The van der Waals surface area contributed by atoms with Gasteiger partial charge < -0.3 is 14.9 Å². The molecule has 3 aromatic rings. The van der Waals surface area contributed by atoms with Crippen LogP contribution >= 0.6 is 0 Å². The van der Waals surface area contributed by atoms with Gasteiger partial charge in [0.15, 0.2) is 0 Å². The number of sulfonamides is 2. The SMILES string of the molecule is Cc1c(COc2ccc(NS(=O)(=O)C[C@H](C(=O)O)N3CCN(S(C)(=O)=O)CC3)cc2)c2ccccc2n1C(=O)O. The summed E-state index contributed by atoms with van der Waals surface area (Å²) in [7, 11) is -7.49. The molecule has 1 atom stereocenters. The summed E-state index contributed by atoms with van der Waals surface area (Å²) in [6.45, 7) is 2.12. The van der Waals surface area contributed by atoms with Crippen LogP contribution in [0.5, 0.6) is 5.75 Å². The predicted molar refractivity (Wildman–Crippen MR) is 148 cm³/mol. The van der Waals surface area contributed by atoms with E-state index in [0.29, 0.717) is 22.5 Å². The third kappa shape index (κ3) is 6.55. The van der Waals surface area contributed by atoms with Gasteiger partial charge in [-0.05, 0) is 37.3 Å². The lowest BCUT2D eigenvalue weighted by atomic mass is 10.1. The number of ether oxygens (including phenoxy) is 1. The summed E-state index contributed by atoms with van der Waals surface area (Å²) < 4.78 is 59.7. The summed E-state index contributed by atoms with van der Waals surface area (Å²) in [5, 5.41) is 20.0. The molecule has 0 aliphatic carbocycles. The second-order valence-electron chi connectivity index (χ2n) is 9.45. The lowest BCUT2D eigenvalue weighted by Crippen LogP contribution is -2.55. The van der Waals surface area contributed by atoms with Crippen LogP contribution in [0, 0.1) is 6.92 Å². The van der Waals surface area contributed by atoms with Crippen LogP contribution in [-0.2, 0) is 31.4 Å². The van der Waals surface area contributed by atoms with Crippen LogP contribution in [0.4, 0.5) is 10.5 Å². The topological polar surface area (TPSA) is 176 Å². The van der Waals surface area contributed by atoms with E-state index in [1.165, 1.54) is 25.9 Å². The summed E-state index contributed by atoms with van der Waals surface area (Å²) in [5.41, 5.74) is 1.99. The zero-order chi connectivity index (χ0) is 29.2. The fourth-order valence-electron chi connectivity index (χ4n) is 4.75. The van der Waals surface area contributed by atoms with E-state index in [4.69, 9.17) is 4.74 Å². The van der Waals surface area contributed by atoms with Crippen LogP contribution < -0.4 is 9.46 Å². The number of carboxylic acid groups (broad SMARTS) is 2. The van der Waals surface area contributed by atoms with Crippen molar-refractivity contribution in [3.8, 4) is 5.75 Å². The van der Waals surface area contributed by atoms with E-state index in [0.717, 1.165) is 11.6 Å². The number of piperazine rings is 1. The van der Waals surface area contributed by atoms with Crippen molar-refractivity contribution in [3.63, 3.8) is 0 Å². The molecule has 15 heteroatoms. The fourth-order valence-corrected chi connectivity index (χ4v) is 6.92. The quantitative estimate of drug-likeness (QED) is 0.314. The molecule has 1 aliphatic rings. The highest BCUT2D eigenvalue weighted by atomic mass is 32.2. The van der Waals surface area contributed by atoms with Crippen molar-refractivity contribution in [2.24, 2.45) is 0 Å². The van der Waals surface area contributed by atoms with Crippen molar-refractivity contribution in [1.29, 1.82) is 0 Å². The first-order chi connectivity index (χ1) is 18.8. The van der Waals surface area contributed by atoms with E-state index in [-0.39, 0.29) is 38.5 Å². The summed E-state index contributed by atoms with van der Waals surface area (Å²) in [6.07, 6.45) is -0.0288. The number of hydrogen-bond acceptors (Lipinski definition) is 8. The molecule has 1 fully saturated rings. The molecule has 0 radical (unpaired) electrons. The van der Waals surface area contributed by atoms with E-state index in [9.17, 15) is 36.6 Å². The second-order valence-corrected chi connectivity index (χ2v) is 13.2. The molecule has 0 unspecified atom stereocenters. The minimum atomic E-state index is -4.08. The minimum absolute atomic E-state index is 0.0773. The van der Waals surface area contributed by atoms with Crippen molar-refractivity contribution in [2.75, 3.05) is 42.9 Å². The molecule has 0 spiro atoms. The molecular formula is C25H30N4O9S2. The summed E-state index contributed by atoms with van der Waals surface area (Å²) in [6, 6.07) is 11.8. The smallest absolute Gasteiger partial charge is 0.416 e. The van der Waals surface area contributed by atoms with Gasteiger partial charge in [-0.15, -0.1) is 0 Å². The van der Waals surface area contributed by atoms with Crippen molar-refractivity contribution in [2.45, 2.75) is 19.6 Å². The number of anilines is 1. The van der Waals surface area contributed by atoms with Crippen molar-refractivity contribution >= 4 is 48.7 Å². The number of nitrogens with zero attached hydrogens (tertiary/aromatic N) is 3. The van der Waals surface area contributed by atoms with Gasteiger partial charge in [-0.25, -0.2) is 26.2 Å². The maximum atomic E-state index is 12.8. The second kappa shape index (κ2) is 11.4. The van der Waals surface area contributed by atoms with E-state index in [2.05, 4.69) is 4.72 Å². The Hall–Kier alpha value is -3.66. The highest BCUT2D eigenvalue weighted by molar-refractivity contribution is 7.92. The Morgan fingerprint density at radius 3 is 2.17 bits per heavy atom. The maximum absolute atomic E-state index is 12.8. The lowest BCUT2D eigenvalue weighted by Gasteiger charge is -2.36. The molecular weight excluding hydrogens is 564 g/mol. The van der Waals surface area contributed by atoms with E-state index < -0.39 is 43.9 Å². The summed E-state index contributed by atoms with van der Waals surface area (Å²) >= 11 is 0. The highest BCUT2D eigenvalue weighted by Gasteiger charge is 2.34. The maximum Gasteiger partial charge on any atom is 0.416 e. The van der Waals surface area contributed by atoms with Gasteiger partial charge in [0.25, 0.3) is 0 Å². The molecule has 216 valence electrons. The van der Waals surface area contributed by atoms with Gasteiger partial charge in [0.05, 0.1) is 17.5 Å². The number of aliphatic carboxylic acids is 1. The number of rotatable bonds is 10. The predicted octanol–water partition coefficient (Wildman–Crippen LogP) is 1.83. The van der Waals surface area contributed by atoms with E-state index in [1.807, 2.05) is 12.1 Å². The summed E-state index contributed by atoms with van der Waals surface area (Å²) in [4.78, 5) is 25.0. The van der Waals surface area contributed by atoms with Gasteiger partial charge in [-0.3, -0.25) is 14.4 Å². The zero-order valence-electron chi connectivity index (χ0n) is 21.8. The molecule has 0 bridgehead atoms. The molecule has 0 saturated carbocycles. The molecule has 1 saturated heterocycles. The van der Waals surface area contributed by atoms with Crippen LogP contribution in [0.1, 0.15) is 11.3 Å². The number of carbonyl (C=O) groups is 2. The van der Waals surface area contributed by atoms with Crippen LogP contribution in [0.25, 0.3) is 10.9 Å². The third-order valence-corrected chi connectivity index (χ3v) is 9.39. The van der Waals surface area contributed by atoms with Crippen LogP contribution in [0.2, 0.25) is 0 Å². The first-order valence-corrected chi connectivity index (χ1v) is 15.7. The number of para-hydroxylation sites is 1. The average Bonchev–Trinajstić information content (AvgIpc) is 3.17. The van der Waals surface area contributed by atoms with Crippen LogP contribution in [0.3, 0.4) is 0 Å². The molecule has 1 aromatic heterocycles. The minimum Gasteiger partial charge on any atom is -0.489 e. The van der Waals surface area contributed by atoms with Crippen LogP contribution in [-0.4, -0.2) is 97.1 Å². The molecule has 0 amide bonds. The molecule has 13 nitrogen and oxygen atoms in total. The van der Waals surface area contributed by atoms with Crippen LogP contribution in [0.15, 0.2) is 48.5 Å². The van der Waals surface area contributed by atoms with Gasteiger partial charge >= 0.3 is 12.1 Å². The Kier molecular flexibility index (Phi) is 8.39. The van der Waals surface area contributed by atoms with Gasteiger partial charge in [0.1, 0.15) is 18.4 Å². The van der Waals surface area contributed by atoms with Gasteiger partial charge in [0.2, 0.25) is 20.0 Å². The van der Waals surface area contributed by atoms with Crippen molar-refractivity contribution in [3.05, 3.63) is 59.8 Å². The zero-order valence-corrected chi connectivity index (χ0v) is 23.5. The Bertz CT molecular complexity index is 1630. The van der Waals surface area contributed by atoms with Gasteiger partial charge in [-0.1, -0.05) is 18.2 Å². The molecule has 4 rings (SSSR count). The number of nitrogens with one attached hydrogen (secondary N) is 1. The Balaban J connectivity index is 1.40.